The number of nitrogens with zero attached hydrogens (tertiary/aromatic N) is 1. The Morgan fingerprint density at radius 1 is 1.44 bits per heavy atom. The molecule has 0 aliphatic rings. The topological polar surface area (TPSA) is 39.9 Å². The molecule has 0 heterocycles. The summed E-state index contributed by atoms with van der Waals surface area (Å²) in [5, 5.41) is 0. The van der Waals surface area contributed by atoms with Crippen molar-refractivity contribution < 1.29 is 14.3 Å². The molecule has 84 valence electrons. The van der Waals surface area contributed by atoms with E-state index in [9.17, 15) is 4.79 Å². The number of carbonyl (C=O) groups excluding carboxylic acids is 1. The molecule has 0 aliphatic carbocycles. The van der Waals surface area contributed by atoms with Crippen molar-refractivity contribution in [2.75, 3.05) is 7.11 Å². The van der Waals surface area contributed by atoms with E-state index in [1.165, 1.54) is 7.11 Å². The summed E-state index contributed by atoms with van der Waals surface area (Å²) >= 11 is 0. The van der Waals surface area contributed by atoms with E-state index in [1.54, 1.807) is 38.1 Å². The zero-order valence-corrected chi connectivity index (χ0v) is 9.48. The van der Waals surface area contributed by atoms with Gasteiger partial charge in [-0.25, -0.2) is 9.64 Å². The predicted molar refractivity (Wildman–Crippen MR) is 59.4 cm³/mol. The normalized spacial score (nSPS) is 10.4. The Kier molecular flexibility index (Phi) is 3.51. The third-order valence-corrected chi connectivity index (χ3v) is 2.00. The van der Waals surface area contributed by atoms with Gasteiger partial charge < -0.3 is 9.47 Å². The monoisotopic (exact) mass is 219 g/mol. The van der Waals surface area contributed by atoms with E-state index in [0.29, 0.717) is 11.4 Å². The average molecular weight is 219 g/mol. The maximum atomic E-state index is 11.4. The highest BCUT2D eigenvalue weighted by Crippen LogP contribution is 2.24. The Morgan fingerprint density at radius 2 is 2.12 bits per heavy atom. The molecule has 0 spiro atoms. The quantitative estimate of drug-likeness (QED) is 0.579. The Balaban J connectivity index is 2.88. The zero-order chi connectivity index (χ0) is 12.2. The first-order valence-corrected chi connectivity index (χ1v) is 4.74. The van der Waals surface area contributed by atoms with E-state index in [-0.39, 0.29) is 0 Å². The standard InChI is InChI=1S/C12H13NO3/c1-12(2,11(14)15-4)16-10-7-5-6-9(8-10)13-3/h5-8H,1-2,4H3. The minimum atomic E-state index is -1.06. The van der Waals surface area contributed by atoms with Crippen molar-refractivity contribution in [3.8, 4) is 5.75 Å². The van der Waals surface area contributed by atoms with Crippen LogP contribution in [0.1, 0.15) is 13.8 Å². The Labute approximate surface area is 94.6 Å². The molecular weight excluding hydrogens is 206 g/mol. The van der Waals surface area contributed by atoms with Gasteiger partial charge in [0.15, 0.2) is 11.3 Å². The molecule has 4 heteroatoms. The number of esters is 1. The number of methoxy groups -OCH3 is 1. The summed E-state index contributed by atoms with van der Waals surface area (Å²) in [5.41, 5.74) is -0.590. The minimum absolute atomic E-state index is 0.458. The van der Waals surface area contributed by atoms with Crippen LogP contribution < -0.4 is 4.74 Å². The van der Waals surface area contributed by atoms with Crippen LogP contribution in [0.25, 0.3) is 4.85 Å². The second-order valence-corrected chi connectivity index (χ2v) is 3.71. The summed E-state index contributed by atoms with van der Waals surface area (Å²) in [5.74, 6) is 0.0182. The summed E-state index contributed by atoms with van der Waals surface area (Å²) in [6.45, 7) is 10.1. The van der Waals surface area contributed by atoms with Crippen LogP contribution in [-0.2, 0) is 9.53 Å². The number of rotatable bonds is 3. The van der Waals surface area contributed by atoms with Crippen molar-refractivity contribution >= 4 is 11.7 Å². The van der Waals surface area contributed by atoms with Crippen molar-refractivity contribution in [2.24, 2.45) is 0 Å². The van der Waals surface area contributed by atoms with Crippen LogP contribution in [0.2, 0.25) is 0 Å². The molecule has 0 N–H and O–H groups in total. The molecule has 0 aromatic heterocycles. The van der Waals surface area contributed by atoms with E-state index in [1.807, 2.05) is 0 Å². The van der Waals surface area contributed by atoms with E-state index in [4.69, 9.17) is 11.3 Å². The summed E-state index contributed by atoms with van der Waals surface area (Å²) < 4.78 is 10.1. The Hall–Kier alpha value is -2.02. The van der Waals surface area contributed by atoms with E-state index in [2.05, 4.69) is 9.58 Å². The molecule has 0 amide bonds. The second-order valence-electron chi connectivity index (χ2n) is 3.71. The van der Waals surface area contributed by atoms with Crippen molar-refractivity contribution in [1.29, 1.82) is 0 Å². The molecule has 0 saturated carbocycles. The fraction of sp³-hybridized carbons (Fsp3) is 0.333. The first-order valence-electron chi connectivity index (χ1n) is 4.74. The molecule has 0 aliphatic heterocycles. The SMILES string of the molecule is [C-]#[N+]c1cccc(OC(C)(C)C(=O)OC)c1. The van der Waals surface area contributed by atoms with Crippen molar-refractivity contribution in [2.45, 2.75) is 19.4 Å². The van der Waals surface area contributed by atoms with Gasteiger partial charge in [0.05, 0.1) is 13.7 Å². The summed E-state index contributed by atoms with van der Waals surface area (Å²) in [6.07, 6.45) is 0. The van der Waals surface area contributed by atoms with Crippen LogP contribution in [0, 0.1) is 6.57 Å². The predicted octanol–water partition coefficient (Wildman–Crippen LogP) is 2.57. The largest absolute Gasteiger partial charge is 0.477 e. The molecule has 0 radical (unpaired) electrons. The van der Waals surface area contributed by atoms with Gasteiger partial charge in [-0.1, -0.05) is 12.1 Å². The van der Waals surface area contributed by atoms with Gasteiger partial charge in [0.1, 0.15) is 5.75 Å². The highest BCUT2D eigenvalue weighted by Gasteiger charge is 2.30. The number of benzene rings is 1. The fourth-order valence-electron chi connectivity index (χ4n) is 1.20. The summed E-state index contributed by atoms with van der Waals surface area (Å²) in [4.78, 5) is 14.7. The van der Waals surface area contributed by atoms with Gasteiger partial charge in [-0.15, -0.1) is 0 Å². The molecule has 0 saturated heterocycles. The highest BCUT2D eigenvalue weighted by atomic mass is 16.6. The molecule has 1 aromatic rings. The summed E-state index contributed by atoms with van der Waals surface area (Å²) in [6, 6.07) is 6.65. The fourth-order valence-corrected chi connectivity index (χ4v) is 1.20. The number of carbonyl (C=O) groups is 1. The number of ether oxygens (including phenoxy) is 2. The van der Waals surface area contributed by atoms with Crippen molar-refractivity contribution in [1.82, 2.24) is 0 Å². The zero-order valence-electron chi connectivity index (χ0n) is 9.48. The van der Waals surface area contributed by atoms with Gasteiger partial charge in [-0.2, -0.15) is 0 Å². The lowest BCUT2D eigenvalue weighted by atomic mass is 10.1. The van der Waals surface area contributed by atoms with Gasteiger partial charge in [0.2, 0.25) is 0 Å². The smallest absolute Gasteiger partial charge is 0.349 e. The lowest BCUT2D eigenvalue weighted by Crippen LogP contribution is -2.39. The average Bonchev–Trinajstić information content (AvgIpc) is 2.27. The molecule has 16 heavy (non-hydrogen) atoms. The lowest BCUT2D eigenvalue weighted by Gasteiger charge is -2.23. The molecule has 1 rings (SSSR count). The molecular formula is C12H13NO3. The molecule has 1 aromatic carbocycles. The van der Waals surface area contributed by atoms with E-state index in [0.717, 1.165) is 0 Å². The first kappa shape index (κ1) is 12.1. The van der Waals surface area contributed by atoms with Crippen LogP contribution in [0.4, 0.5) is 5.69 Å². The highest BCUT2D eigenvalue weighted by molar-refractivity contribution is 5.78. The van der Waals surface area contributed by atoms with Crippen LogP contribution in [-0.4, -0.2) is 18.7 Å². The van der Waals surface area contributed by atoms with E-state index < -0.39 is 11.6 Å². The van der Waals surface area contributed by atoms with Gasteiger partial charge in [-0.05, 0) is 26.0 Å². The molecule has 4 nitrogen and oxygen atoms in total. The van der Waals surface area contributed by atoms with Crippen molar-refractivity contribution in [3.63, 3.8) is 0 Å². The van der Waals surface area contributed by atoms with Crippen molar-refractivity contribution in [3.05, 3.63) is 35.7 Å². The first-order chi connectivity index (χ1) is 7.49. The Morgan fingerprint density at radius 3 is 2.69 bits per heavy atom. The Bertz CT molecular complexity index is 432. The number of hydrogen-bond donors (Lipinski definition) is 0. The maximum absolute atomic E-state index is 11.4. The molecule has 0 atom stereocenters. The molecule has 0 unspecified atom stereocenters. The molecule has 0 bridgehead atoms. The van der Waals surface area contributed by atoms with Gasteiger partial charge in [0, 0.05) is 0 Å². The maximum Gasteiger partial charge on any atom is 0.349 e. The second kappa shape index (κ2) is 4.67. The third-order valence-electron chi connectivity index (χ3n) is 2.00. The van der Waals surface area contributed by atoms with Crippen LogP contribution in [0.3, 0.4) is 0 Å². The van der Waals surface area contributed by atoms with Gasteiger partial charge in [-0.3, -0.25) is 0 Å². The minimum Gasteiger partial charge on any atom is -0.477 e. The van der Waals surface area contributed by atoms with Gasteiger partial charge in [0.25, 0.3) is 0 Å². The lowest BCUT2D eigenvalue weighted by molar-refractivity contribution is -0.156. The third kappa shape index (κ3) is 2.74. The van der Waals surface area contributed by atoms with E-state index >= 15 is 0 Å². The number of hydrogen-bond acceptors (Lipinski definition) is 3. The van der Waals surface area contributed by atoms with Crippen LogP contribution in [0.15, 0.2) is 24.3 Å². The van der Waals surface area contributed by atoms with Crippen LogP contribution >= 0.6 is 0 Å². The summed E-state index contributed by atoms with van der Waals surface area (Å²) in [7, 11) is 1.31. The van der Waals surface area contributed by atoms with Gasteiger partial charge >= 0.3 is 5.97 Å². The molecule has 0 fully saturated rings. The van der Waals surface area contributed by atoms with Crippen LogP contribution in [0.5, 0.6) is 5.75 Å².